The standard InChI is InChI=1S/C12H15N3O2/c1-17-9-4-2-8(3-5-9)10-7-14-12(15-10)11(16)6-13/h2-5,7,11,16H,6,13H2,1H3,(H,14,15). The van der Waals surface area contributed by atoms with Crippen LogP contribution >= 0.6 is 0 Å². The van der Waals surface area contributed by atoms with Crippen LogP contribution in [0.1, 0.15) is 11.9 Å². The quantitative estimate of drug-likeness (QED) is 0.737. The van der Waals surface area contributed by atoms with E-state index in [1.165, 1.54) is 0 Å². The van der Waals surface area contributed by atoms with Crippen LogP contribution in [0.5, 0.6) is 5.75 Å². The van der Waals surface area contributed by atoms with Crippen LogP contribution in [-0.4, -0.2) is 28.7 Å². The summed E-state index contributed by atoms with van der Waals surface area (Å²) in [6.07, 6.45) is 0.928. The van der Waals surface area contributed by atoms with Crippen molar-refractivity contribution in [3.8, 4) is 17.0 Å². The first-order valence-electron chi connectivity index (χ1n) is 5.32. The summed E-state index contributed by atoms with van der Waals surface area (Å²) >= 11 is 0. The predicted molar refractivity (Wildman–Crippen MR) is 64.6 cm³/mol. The second kappa shape index (κ2) is 4.99. The number of nitrogens with zero attached hydrogens (tertiary/aromatic N) is 1. The molecule has 1 heterocycles. The molecule has 1 aromatic carbocycles. The Bertz CT molecular complexity index is 479. The number of imidazole rings is 1. The van der Waals surface area contributed by atoms with Crippen molar-refractivity contribution in [2.75, 3.05) is 13.7 Å². The molecule has 5 heteroatoms. The topological polar surface area (TPSA) is 84.2 Å². The molecule has 2 rings (SSSR count). The molecule has 0 spiro atoms. The van der Waals surface area contributed by atoms with Crippen molar-refractivity contribution >= 4 is 0 Å². The number of rotatable bonds is 4. The molecule has 4 N–H and O–H groups in total. The molecule has 0 aliphatic heterocycles. The zero-order chi connectivity index (χ0) is 12.3. The van der Waals surface area contributed by atoms with E-state index >= 15 is 0 Å². The maximum absolute atomic E-state index is 9.53. The Labute approximate surface area is 99.3 Å². The average Bonchev–Trinajstić information content (AvgIpc) is 2.87. The third-order valence-corrected chi connectivity index (χ3v) is 2.54. The number of benzene rings is 1. The number of nitrogens with one attached hydrogen (secondary N) is 1. The largest absolute Gasteiger partial charge is 0.497 e. The smallest absolute Gasteiger partial charge is 0.136 e. The van der Waals surface area contributed by atoms with Gasteiger partial charge in [-0.2, -0.15) is 0 Å². The lowest BCUT2D eigenvalue weighted by Crippen LogP contribution is -2.12. The molecule has 0 fully saturated rings. The van der Waals surface area contributed by atoms with Crippen LogP contribution in [0.25, 0.3) is 11.3 Å². The summed E-state index contributed by atoms with van der Waals surface area (Å²) in [5.74, 6) is 1.29. The minimum Gasteiger partial charge on any atom is -0.497 e. The van der Waals surface area contributed by atoms with Gasteiger partial charge in [-0.05, 0) is 29.8 Å². The molecule has 1 atom stereocenters. The van der Waals surface area contributed by atoms with E-state index in [-0.39, 0.29) is 6.54 Å². The highest BCUT2D eigenvalue weighted by molar-refractivity contribution is 5.59. The maximum Gasteiger partial charge on any atom is 0.136 e. The van der Waals surface area contributed by atoms with Gasteiger partial charge in [0.1, 0.15) is 17.7 Å². The van der Waals surface area contributed by atoms with Crippen molar-refractivity contribution in [3.05, 3.63) is 36.3 Å². The number of hydrogen-bond donors (Lipinski definition) is 3. The zero-order valence-electron chi connectivity index (χ0n) is 9.55. The Morgan fingerprint density at radius 2 is 2.12 bits per heavy atom. The van der Waals surface area contributed by atoms with Gasteiger partial charge in [0, 0.05) is 6.54 Å². The molecular formula is C12H15N3O2. The number of ether oxygens (including phenoxy) is 1. The fourth-order valence-corrected chi connectivity index (χ4v) is 1.53. The molecule has 0 saturated carbocycles. The molecule has 1 unspecified atom stereocenters. The van der Waals surface area contributed by atoms with Crippen LogP contribution in [0.15, 0.2) is 30.5 Å². The third-order valence-electron chi connectivity index (χ3n) is 2.54. The van der Waals surface area contributed by atoms with Gasteiger partial charge in [-0.3, -0.25) is 0 Å². The fraction of sp³-hybridized carbons (Fsp3) is 0.250. The number of hydrogen-bond acceptors (Lipinski definition) is 4. The fourth-order valence-electron chi connectivity index (χ4n) is 1.53. The summed E-state index contributed by atoms with van der Waals surface area (Å²) in [4.78, 5) is 7.12. The lowest BCUT2D eigenvalue weighted by molar-refractivity contribution is 0.177. The van der Waals surface area contributed by atoms with E-state index in [0.29, 0.717) is 5.82 Å². The van der Waals surface area contributed by atoms with Gasteiger partial charge in [-0.1, -0.05) is 0 Å². The molecule has 5 nitrogen and oxygen atoms in total. The molecule has 0 aliphatic carbocycles. The summed E-state index contributed by atoms with van der Waals surface area (Å²) in [6, 6.07) is 7.58. The van der Waals surface area contributed by atoms with Gasteiger partial charge in [0.05, 0.1) is 19.0 Å². The van der Waals surface area contributed by atoms with Gasteiger partial charge in [-0.25, -0.2) is 4.98 Å². The minimum absolute atomic E-state index is 0.148. The van der Waals surface area contributed by atoms with Crippen LogP contribution in [0.2, 0.25) is 0 Å². The first kappa shape index (κ1) is 11.6. The van der Waals surface area contributed by atoms with Crippen molar-refractivity contribution in [1.29, 1.82) is 0 Å². The van der Waals surface area contributed by atoms with Crippen LogP contribution in [0.4, 0.5) is 0 Å². The monoisotopic (exact) mass is 233 g/mol. The lowest BCUT2D eigenvalue weighted by atomic mass is 10.2. The Morgan fingerprint density at radius 3 is 2.71 bits per heavy atom. The van der Waals surface area contributed by atoms with Gasteiger partial charge in [-0.15, -0.1) is 0 Å². The summed E-state index contributed by atoms with van der Waals surface area (Å²) in [5.41, 5.74) is 7.19. The van der Waals surface area contributed by atoms with Crippen LogP contribution in [0.3, 0.4) is 0 Å². The third kappa shape index (κ3) is 2.46. The molecule has 2 aromatic rings. The lowest BCUT2D eigenvalue weighted by Gasteiger charge is -2.03. The second-order valence-electron chi connectivity index (χ2n) is 3.66. The predicted octanol–water partition coefficient (Wildman–Crippen LogP) is 1.08. The Kier molecular flexibility index (Phi) is 3.41. The van der Waals surface area contributed by atoms with Crippen molar-refractivity contribution in [3.63, 3.8) is 0 Å². The van der Waals surface area contributed by atoms with E-state index in [4.69, 9.17) is 10.5 Å². The number of aliphatic hydroxyl groups is 1. The van der Waals surface area contributed by atoms with E-state index in [1.807, 2.05) is 24.3 Å². The normalized spacial score (nSPS) is 12.4. The van der Waals surface area contributed by atoms with E-state index in [2.05, 4.69) is 9.97 Å². The number of nitrogens with two attached hydrogens (primary N) is 1. The van der Waals surface area contributed by atoms with Crippen molar-refractivity contribution < 1.29 is 9.84 Å². The summed E-state index contributed by atoms with van der Waals surface area (Å²) in [5, 5.41) is 9.53. The molecule has 17 heavy (non-hydrogen) atoms. The summed E-state index contributed by atoms with van der Waals surface area (Å²) in [6.45, 7) is 0.148. The van der Waals surface area contributed by atoms with Crippen LogP contribution in [0, 0.1) is 0 Å². The Hall–Kier alpha value is -1.85. The molecule has 1 aromatic heterocycles. The SMILES string of the molecule is COc1ccc(-c2cnc(C(O)CN)[nH]2)cc1. The van der Waals surface area contributed by atoms with Crippen molar-refractivity contribution in [2.24, 2.45) is 5.73 Å². The molecule has 0 amide bonds. The van der Waals surface area contributed by atoms with Crippen molar-refractivity contribution in [2.45, 2.75) is 6.10 Å². The van der Waals surface area contributed by atoms with E-state index in [1.54, 1.807) is 13.3 Å². The second-order valence-corrected chi connectivity index (χ2v) is 3.66. The Balaban J connectivity index is 2.24. The summed E-state index contributed by atoms with van der Waals surface area (Å²) < 4.78 is 5.08. The van der Waals surface area contributed by atoms with Gasteiger partial charge in [0.2, 0.25) is 0 Å². The highest BCUT2D eigenvalue weighted by atomic mass is 16.5. The molecule has 0 bridgehead atoms. The zero-order valence-corrected chi connectivity index (χ0v) is 9.55. The van der Waals surface area contributed by atoms with Crippen LogP contribution < -0.4 is 10.5 Å². The highest BCUT2D eigenvalue weighted by Gasteiger charge is 2.10. The van der Waals surface area contributed by atoms with E-state index in [9.17, 15) is 5.11 Å². The Morgan fingerprint density at radius 1 is 1.41 bits per heavy atom. The van der Waals surface area contributed by atoms with E-state index < -0.39 is 6.10 Å². The molecule has 0 aliphatic rings. The van der Waals surface area contributed by atoms with Crippen LogP contribution in [-0.2, 0) is 0 Å². The number of H-pyrrole nitrogens is 1. The highest BCUT2D eigenvalue weighted by Crippen LogP contribution is 2.21. The number of aromatic amines is 1. The van der Waals surface area contributed by atoms with Gasteiger partial charge in [0.15, 0.2) is 0 Å². The van der Waals surface area contributed by atoms with Gasteiger partial charge in [0.25, 0.3) is 0 Å². The van der Waals surface area contributed by atoms with Crippen molar-refractivity contribution in [1.82, 2.24) is 9.97 Å². The summed E-state index contributed by atoms with van der Waals surface area (Å²) in [7, 11) is 1.63. The average molecular weight is 233 g/mol. The van der Waals surface area contributed by atoms with Gasteiger partial charge < -0.3 is 20.6 Å². The van der Waals surface area contributed by atoms with Gasteiger partial charge >= 0.3 is 0 Å². The molecule has 0 saturated heterocycles. The minimum atomic E-state index is -0.748. The number of methoxy groups -OCH3 is 1. The first-order valence-corrected chi connectivity index (χ1v) is 5.32. The first-order chi connectivity index (χ1) is 8.24. The molecular weight excluding hydrogens is 218 g/mol. The number of aliphatic hydroxyl groups excluding tert-OH is 1. The molecule has 90 valence electrons. The maximum atomic E-state index is 9.53. The number of aromatic nitrogens is 2. The molecule has 0 radical (unpaired) electrons. The van der Waals surface area contributed by atoms with E-state index in [0.717, 1.165) is 17.0 Å².